The molecule has 1 aromatic rings. The van der Waals surface area contributed by atoms with Crippen LogP contribution in [-0.2, 0) is 4.79 Å². The predicted molar refractivity (Wildman–Crippen MR) is 67.1 cm³/mol. The second-order valence-electron chi connectivity index (χ2n) is 3.92. The maximum absolute atomic E-state index is 13.7. The topological polar surface area (TPSA) is 72.3 Å². The van der Waals surface area contributed by atoms with E-state index in [0.29, 0.717) is 12.2 Å². The molecule has 0 aliphatic carbocycles. The first-order valence-corrected chi connectivity index (χ1v) is 5.63. The quantitative estimate of drug-likeness (QED) is 0.739. The minimum atomic E-state index is -0.497. The number of hydrogen-bond donors (Lipinski definition) is 2. The number of nitrogens with two attached hydrogens (primary N) is 2. The first-order chi connectivity index (χ1) is 8.06. The van der Waals surface area contributed by atoms with Gasteiger partial charge in [0.1, 0.15) is 5.82 Å². The number of anilines is 2. The molecule has 1 rings (SSSR count). The molecule has 1 aromatic carbocycles. The summed E-state index contributed by atoms with van der Waals surface area (Å²) in [5, 5.41) is 0. The third-order valence-electron chi connectivity index (χ3n) is 2.46. The fourth-order valence-corrected chi connectivity index (χ4v) is 1.67. The third-order valence-corrected chi connectivity index (χ3v) is 2.46. The van der Waals surface area contributed by atoms with Gasteiger partial charge in [0.05, 0.1) is 17.9 Å². The normalized spacial score (nSPS) is 10.2. The molecule has 0 bridgehead atoms. The molecule has 0 fully saturated rings. The number of para-hydroxylation sites is 1. The Kier molecular flexibility index (Phi) is 4.75. The average Bonchev–Trinajstić information content (AvgIpc) is 2.24. The standard InChI is InChI=1S/C12H18FN3O/c1-2-3-7-16(8-11(15)17)12-9(13)5-4-6-10(12)14/h4-6H,2-3,7-8,14H2,1H3,(H2,15,17). The van der Waals surface area contributed by atoms with Crippen LogP contribution in [0, 0.1) is 5.82 Å². The Hall–Kier alpha value is -1.78. The lowest BCUT2D eigenvalue weighted by Gasteiger charge is -2.25. The number of nitrogens with zero attached hydrogens (tertiary/aromatic N) is 1. The van der Waals surface area contributed by atoms with Crippen molar-refractivity contribution >= 4 is 17.3 Å². The number of rotatable bonds is 6. The monoisotopic (exact) mass is 239 g/mol. The molecule has 0 spiro atoms. The molecule has 5 heteroatoms. The molecule has 0 saturated heterocycles. The summed E-state index contributed by atoms with van der Waals surface area (Å²) in [4.78, 5) is 12.6. The van der Waals surface area contributed by atoms with Crippen LogP contribution in [0.15, 0.2) is 18.2 Å². The van der Waals surface area contributed by atoms with Gasteiger partial charge in [-0.3, -0.25) is 4.79 Å². The molecule has 0 atom stereocenters. The van der Waals surface area contributed by atoms with E-state index in [1.165, 1.54) is 12.1 Å². The lowest BCUT2D eigenvalue weighted by molar-refractivity contribution is -0.116. The minimum Gasteiger partial charge on any atom is -0.397 e. The Balaban J connectivity index is 2.98. The molecule has 17 heavy (non-hydrogen) atoms. The van der Waals surface area contributed by atoms with E-state index in [-0.39, 0.29) is 12.2 Å². The Morgan fingerprint density at radius 1 is 1.47 bits per heavy atom. The first kappa shape index (κ1) is 13.3. The second-order valence-corrected chi connectivity index (χ2v) is 3.92. The van der Waals surface area contributed by atoms with E-state index in [0.717, 1.165) is 12.8 Å². The number of amides is 1. The van der Waals surface area contributed by atoms with Gasteiger partial charge < -0.3 is 16.4 Å². The molecule has 0 unspecified atom stereocenters. The van der Waals surface area contributed by atoms with Crippen LogP contribution >= 0.6 is 0 Å². The van der Waals surface area contributed by atoms with Crippen molar-refractivity contribution in [2.24, 2.45) is 5.73 Å². The third kappa shape index (κ3) is 3.62. The SMILES string of the molecule is CCCCN(CC(N)=O)c1c(N)cccc1F. The van der Waals surface area contributed by atoms with Crippen LogP contribution < -0.4 is 16.4 Å². The summed E-state index contributed by atoms with van der Waals surface area (Å²) < 4.78 is 13.7. The van der Waals surface area contributed by atoms with Gasteiger partial charge in [-0.05, 0) is 18.6 Å². The van der Waals surface area contributed by atoms with E-state index >= 15 is 0 Å². The number of nitrogen functional groups attached to an aromatic ring is 1. The van der Waals surface area contributed by atoms with Crippen LogP contribution in [0.4, 0.5) is 15.8 Å². The molecule has 0 aliphatic heterocycles. The van der Waals surface area contributed by atoms with Gasteiger partial charge in [-0.25, -0.2) is 4.39 Å². The van der Waals surface area contributed by atoms with E-state index in [1.807, 2.05) is 6.92 Å². The van der Waals surface area contributed by atoms with Crippen molar-refractivity contribution in [3.05, 3.63) is 24.0 Å². The molecule has 0 radical (unpaired) electrons. The highest BCUT2D eigenvalue weighted by Gasteiger charge is 2.16. The molecule has 0 saturated carbocycles. The summed E-state index contributed by atoms with van der Waals surface area (Å²) in [6.07, 6.45) is 1.80. The second kappa shape index (κ2) is 6.08. The van der Waals surface area contributed by atoms with Crippen LogP contribution in [0.2, 0.25) is 0 Å². The summed E-state index contributed by atoms with van der Waals surface area (Å²) in [5.74, 6) is -0.925. The lowest BCUT2D eigenvalue weighted by atomic mass is 10.2. The fraction of sp³-hybridized carbons (Fsp3) is 0.417. The van der Waals surface area contributed by atoms with Crippen molar-refractivity contribution < 1.29 is 9.18 Å². The summed E-state index contributed by atoms with van der Waals surface area (Å²) in [6, 6.07) is 4.47. The Labute approximate surface area is 100 Å². The van der Waals surface area contributed by atoms with Crippen molar-refractivity contribution in [2.45, 2.75) is 19.8 Å². The van der Waals surface area contributed by atoms with Crippen molar-refractivity contribution in [3.8, 4) is 0 Å². The number of carbonyl (C=O) groups is 1. The molecular formula is C12H18FN3O. The number of unbranched alkanes of at least 4 members (excludes halogenated alkanes) is 1. The largest absolute Gasteiger partial charge is 0.397 e. The van der Waals surface area contributed by atoms with Gasteiger partial charge in [0, 0.05) is 6.54 Å². The zero-order valence-electron chi connectivity index (χ0n) is 9.95. The molecule has 94 valence electrons. The highest BCUT2D eigenvalue weighted by atomic mass is 19.1. The maximum Gasteiger partial charge on any atom is 0.236 e. The first-order valence-electron chi connectivity index (χ1n) is 5.63. The number of carbonyl (C=O) groups excluding carboxylic acids is 1. The highest BCUT2D eigenvalue weighted by Crippen LogP contribution is 2.26. The Morgan fingerprint density at radius 2 is 2.18 bits per heavy atom. The van der Waals surface area contributed by atoms with Gasteiger partial charge in [-0.2, -0.15) is 0 Å². The van der Waals surface area contributed by atoms with E-state index in [2.05, 4.69) is 0 Å². The smallest absolute Gasteiger partial charge is 0.236 e. The zero-order valence-corrected chi connectivity index (χ0v) is 9.95. The number of primary amides is 1. The van der Waals surface area contributed by atoms with Crippen molar-refractivity contribution in [1.82, 2.24) is 0 Å². The summed E-state index contributed by atoms with van der Waals surface area (Å²) in [6.45, 7) is 2.56. The molecular weight excluding hydrogens is 221 g/mol. The van der Waals surface area contributed by atoms with Crippen LogP contribution in [-0.4, -0.2) is 19.0 Å². The van der Waals surface area contributed by atoms with E-state index in [9.17, 15) is 9.18 Å². The van der Waals surface area contributed by atoms with Gasteiger partial charge >= 0.3 is 0 Å². The van der Waals surface area contributed by atoms with E-state index in [1.54, 1.807) is 11.0 Å². The lowest BCUT2D eigenvalue weighted by Crippen LogP contribution is -2.35. The Bertz CT molecular complexity index is 375. The van der Waals surface area contributed by atoms with Crippen molar-refractivity contribution in [1.29, 1.82) is 0 Å². The van der Waals surface area contributed by atoms with Crippen LogP contribution in [0.1, 0.15) is 19.8 Å². The van der Waals surface area contributed by atoms with Gasteiger partial charge in [-0.1, -0.05) is 19.4 Å². The van der Waals surface area contributed by atoms with Gasteiger partial charge in [0.15, 0.2) is 0 Å². The van der Waals surface area contributed by atoms with Crippen molar-refractivity contribution in [3.63, 3.8) is 0 Å². The van der Waals surface area contributed by atoms with Gasteiger partial charge in [0.2, 0.25) is 5.91 Å². The molecule has 4 N–H and O–H groups in total. The average molecular weight is 239 g/mol. The highest BCUT2D eigenvalue weighted by molar-refractivity contribution is 5.81. The van der Waals surface area contributed by atoms with Crippen LogP contribution in [0.5, 0.6) is 0 Å². The van der Waals surface area contributed by atoms with Gasteiger partial charge in [-0.15, -0.1) is 0 Å². The predicted octanol–water partition coefficient (Wildman–Crippen LogP) is 1.50. The van der Waals surface area contributed by atoms with E-state index < -0.39 is 11.7 Å². The summed E-state index contributed by atoms with van der Waals surface area (Å²) in [5.41, 5.74) is 11.5. The minimum absolute atomic E-state index is 0.0227. The molecule has 1 amide bonds. The number of benzene rings is 1. The number of halogens is 1. The Morgan fingerprint density at radius 3 is 2.71 bits per heavy atom. The molecule has 0 aliphatic rings. The molecule has 0 aromatic heterocycles. The molecule has 0 heterocycles. The summed E-state index contributed by atoms with van der Waals surface area (Å²) >= 11 is 0. The van der Waals surface area contributed by atoms with E-state index in [4.69, 9.17) is 11.5 Å². The number of hydrogen-bond acceptors (Lipinski definition) is 3. The van der Waals surface area contributed by atoms with Crippen molar-refractivity contribution in [2.75, 3.05) is 23.7 Å². The molecule has 4 nitrogen and oxygen atoms in total. The summed E-state index contributed by atoms with van der Waals surface area (Å²) in [7, 11) is 0. The fourth-order valence-electron chi connectivity index (χ4n) is 1.67. The maximum atomic E-state index is 13.7. The van der Waals surface area contributed by atoms with Gasteiger partial charge in [0.25, 0.3) is 0 Å². The zero-order chi connectivity index (χ0) is 12.8. The van der Waals surface area contributed by atoms with Crippen LogP contribution in [0.25, 0.3) is 0 Å². The van der Waals surface area contributed by atoms with Crippen LogP contribution in [0.3, 0.4) is 0 Å².